The highest BCUT2D eigenvalue weighted by Crippen LogP contribution is 2.25. The summed E-state index contributed by atoms with van der Waals surface area (Å²) in [4.78, 5) is 24.3. The minimum atomic E-state index is -2.96. The fourth-order valence-electron chi connectivity index (χ4n) is 2.55. The number of esters is 2. The third-order valence-corrected chi connectivity index (χ3v) is 3.81. The molecule has 0 saturated heterocycles. The molecule has 158 valence electrons. The number of rotatable bonds is 6. The van der Waals surface area contributed by atoms with Crippen LogP contribution in [0.3, 0.4) is 0 Å². The van der Waals surface area contributed by atoms with Crippen LogP contribution >= 0.6 is 0 Å². The van der Waals surface area contributed by atoms with Crippen LogP contribution in [0.1, 0.15) is 45.0 Å². The first-order valence-corrected chi connectivity index (χ1v) is 8.33. The molecule has 0 saturated carbocycles. The summed E-state index contributed by atoms with van der Waals surface area (Å²) in [5.41, 5.74) is -2.20. The lowest BCUT2D eigenvalue weighted by Gasteiger charge is -2.07. The summed E-state index contributed by atoms with van der Waals surface area (Å²) in [5.74, 6) is -2.11. The predicted octanol–water partition coefficient (Wildman–Crippen LogP) is 3.47. The van der Waals surface area contributed by atoms with Crippen LogP contribution in [0.25, 0.3) is 0 Å². The van der Waals surface area contributed by atoms with Gasteiger partial charge in [0.2, 0.25) is 0 Å². The molecule has 0 atom stereocenters. The lowest BCUT2D eigenvalue weighted by Crippen LogP contribution is -2.11. The number of nitrogens with zero attached hydrogens (tertiary/aromatic N) is 4. The Hall–Kier alpha value is -3.70. The SMILES string of the molecule is Cn1cc(C(=O)Oc2ccc(OC(=O)c3cn(C)nc3C(F)F)cc2)c(C(F)F)n1. The average molecular weight is 426 g/mol. The van der Waals surface area contributed by atoms with E-state index in [1.54, 1.807) is 0 Å². The molecule has 0 unspecified atom stereocenters. The van der Waals surface area contributed by atoms with E-state index < -0.39 is 36.2 Å². The summed E-state index contributed by atoms with van der Waals surface area (Å²) in [7, 11) is 2.76. The molecule has 0 bridgehead atoms. The van der Waals surface area contributed by atoms with Crippen molar-refractivity contribution in [2.75, 3.05) is 0 Å². The van der Waals surface area contributed by atoms with E-state index in [0.29, 0.717) is 0 Å². The number of aromatic nitrogens is 4. The molecule has 0 amide bonds. The van der Waals surface area contributed by atoms with Crippen LogP contribution in [-0.2, 0) is 14.1 Å². The van der Waals surface area contributed by atoms with Gasteiger partial charge in [0.05, 0.1) is 0 Å². The van der Waals surface area contributed by atoms with E-state index in [0.717, 1.165) is 21.8 Å². The molecule has 0 aliphatic heterocycles. The van der Waals surface area contributed by atoms with Crippen molar-refractivity contribution in [3.05, 3.63) is 59.2 Å². The van der Waals surface area contributed by atoms with Gasteiger partial charge >= 0.3 is 11.9 Å². The second-order valence-corrected chi connectivity index (χ2v) is 6.06. The van der Waals surface area contributed by atoms with Gasteiger partial charge in [0, 0.05) is 26.5 Å². The number of halogens is 4. The molecule has 1 aromatic carbocycles. The van der Waals surface area contributed by atoms with Crippen molar-refractivity contribution in [1.29, 1.82) is 0 Å². The molecule has 2 heterocycles. The molecule has 12 heteroatoms. The summed E-state index contributed by atoms with van der Waals surface area (Å²) < 4.78 is 64.0. The van der Waals surface area contributed by atoms with Crippen molar-refractivity contribution >= 4 is 11.9 Å². The van der Waals surface area contributed by atoms with Crippen LogP contribution in [0.15, 0.2) is 36.7 Å². The van der Waals surface area contributed by atoms with E-state index in [1.165, 1.54) is 38.4 Å². The highest BCUT2D eigenvalue weighted by Gasteiger charge is 2.25. The molecule has 0 aliphatic carbocycles. The number of alkyl halides is 4. The van der Waals surface area contributed by atoms with Gasteiger partial charge in [0.25, 0.3) is 12.9 Å². The zero-order valence-corrected chi connectivity index (χ0v) is 15.6. The predicted molar refractivity (Wildman–Crippen MR) is 92.7 cm³/mol. The van der Waals surface area contributed by atoms with Gasteiger partial charge in [-0.25, -0.2) is 27.2 Å². The molecule has 3 aromatic rings. The standard InChI is InChI=1S/C18H14F4N4O4/c1-25-7-11(13(23-25)15(19)20)17(27)29-9-3-5-10(6-4-9)30-18(28)12-8-26(2)24-14(12)16(21)22/h3-8,15-16H,1-2H3. The van der Waals surface area contributed by atoms with Gasteiger partial charge in [0.15, 0.2) is 0 Å². The van der Waals surface area contributed by atoms with Crippen molar-refractivity contribution in [3.8, 4) is 11.5 Å². The average Bonchev–Trinajstić information content (AvgIpc) is 3.26. The highest BCUT2D eigenvalue weighted by molar-refractivity contribution is 5.93. The van der Waals surface area contributed by atoms with Crippen molar-refractivity contribution in [1.82, 2.24) is 19.6 Å². The molecule has 0 aliphatic rings. The minimum Gasteiger partial charge on any atom is -0.423 e. The summed E-state index contributed by atoms with van der Waals surface area (Å²) >= 11 is 0. The smallest absolute Gasteiger partial charge is 0.347 e. The zero-order chi connectivity index (χ0) is 22.0. The molecule has 30 heavy (non-hydrogen) atoms. The van der Waals surface area contributed by atoms with Crippen molar-refractivity contribution in [2.45, 2.75) is 12.9 Å². The second kappa shape index (κ2) is 8.35. The number of benzene rings is 1. The number of carbonyl (C=O) groups is 2. The van der Waals surface area contributed by atoms with Crippen LogP contribution in [-0.4, -0.2) is 31.5 Å². The van der Waals surface area contributed by atoms with Gasteiger partial charge in [-0.2, -0.15) is 10.2 Å². The molecular weight excluding hydrogens is 412 g/mol. The molecule has 8 nitrogen and oxygen atoms in total. The summed E-state index contributed by atoms with van der Waals surface area (Å²) in [6.45, 7) is 0. The van der Waals surface area contributed by atoms with Crippen LogP contribution in [0.2, 0.25) is 0 Å². The Morgan fingerprint density at radius 1 is 0.767 bits per heavy atom. The molecule has 3 rings (SSSR count). The quantitative estimate of drug-likeness (QED) is 0.341. The van der Waals surface area contributed by atoms with Gasteiger partial charge in [0.1, 0.15) is 34.0 Å². The lowest BCUT2D eigenvalue weighted by atomic mass is 10.2. The normalized spacial score (nSPS) is 11.2. The van der Waals surface area contributed by atoms with Gasteiger partial charge < -0.3 is 9.47 Å². The third kappa shape index (κ3) is 4.47. The van der Waals surface area contributed by atoms with Crippen LogP contribution in [0.4, 0.5) is 17.6 Å². The number of carbonyl (C=O) groups excluding carboxylic acids is 2. The summed E-state index contributed by atoms with van der Waals surface area (Å²) in [6, 6.07) is 4.98. The van der Waals surface area contributed by atoms with E-state index in [9.17, 15) is 27.2 Å². The monoisotopic (exact) mass is 426 g/mol. The van der Waals surface area contributed by atoms with Gasteiger partial charge in [-0.15, -0.1) is 0 Å². The fourth-order valence-corrected chi connectivity index (χ4v) is 2.55. The zero-order valence-electron chi connectivity index (χ0n) is 15.6. The van der Waals surface area contributed by atoms with Gasteiger partial charge in [-0.1, -0.05) is 0 Å². The maximum atomic E-state index is 12.9. The maximum absolute atomic E-state index is 12.9. The van der Waals surface area contributed by atoms with Crippen molar-refractivity contribution < 1.29 is 36.6 Å². The Labute approximate surface area is 166 Å². The Kier molecular flexibility index (Phi) is 5.85. The van der Waals surface area contributed by atoms with Gasteiger partial charge in [-0.3, -0.25) is 9.36 Å². The topological polar surface area (TPSA) is 88.2 Å². The fraction of sp³-hybridized carbons (Fsp3) is 0.222. The molecule has 0 spiro atoms. The van der Waals surface area contributed by atoms with E-state index in [4.69, 9.17) is 9.47 Å². The van der Waals surface area contributed by atoms with E-state index >= 15 is 0 Å². The van der Waals surface area contributed by atoms with Crippen molar-refractivity contribution in [3.63, 3.8) is 0 Å². The summed E-state index contributed by atoms with van der Waals surface area (Å²) in [5, 5.41) is 7.04. The first-order valence-electron chi connectivity index (χ1n) is 8.33. The minimum absolute atomic E-state index is 0.0153. The molecule has 0 N–H and O–H groups in total. The largest absolute Gasteiger partial charge is 0.423 e. The molecular formula is C18H14F4N4O4. The van der Waals surface area contributed by atoms with Gasteiger partial charge in [-0.05, 0) is 24.3 Å². The van der Waals surface area contributed by atoms with Crippen molar-refractivity contribution in [2.24, 2.45) is 14.1 Å². The lowest BCUT2D eigenvalue weighted by molar-refractivity contribution is 0.0708. The first-order chi connectivity index (χ1) is 14.2. The first kappa shape index (κ1) is 21.0. The van der Waals surface area contributed by atoms with E-state index in [1.807, 2.05) is 0 Å². The van der Waals surface area contributed by atoms with Crippen LogP contribution in [0.5, 0.6) is 11.5 Å². The Bertz CT molecular complexity index is 991. The van der Waals surface area contributed by atoms with E-state index in [2.05, 4.69) is 10.2 Å². The van der Waals surface area contributed by atoms with Crippen LogP contribution < -0.4 is 9.47 Å². The maximum Gasteiger partial charge on any atom is 0.347 e. The Morgan fingerprint density at radius 3 is 1.40 bits per heavy atom. The number of hydrogen-bond donors (Lipinski definition) is 0. The summed E-state index contributed by atoms with van der Waals surface area (Å²) in [6.07, 6.45) is -3.70. The van der Waals surface area contributed by atoms with Crippen LogP contribution in [0, 0.1) is 0 Å². The molecule has 2 aromatic heterocycles. The number of ether oxygens (including phenoxy) is 2. The highest BCUT2D eigenvalue weighted by atomic mass is 19.3. The Morgan fingerprint density at radius 2 is 1.10 bits per heavy atom. The third-order valence-electron chi connectivity index (χ3n) is 3.81. The number of aryl methyl sites for hydroxylation is 2. The molecule has 0 fully saturated rings. The van der Waals surface area contributed by atoms with E-state index in [-0.39, 0.29) is 22.6 Å². The second-order valence-electron chi connectivity index (χ2n) is 6.06. The number of hydrogen-bond acceptors (Lipinski definition) is 6. The Balaban J connectivity index is 1.70. The molecule has 0 radical (unpaired) electrons.